The zero-order valence-electron chi connectivity index (χ0n) is 12.6. The summed E-state index contributed by atoms with van der Waals surface area (Å²) in [5, 5.41) is 3.66. The third kappa shape index (κ3) is 3.67. The fourth-order valence-electron chi connectivity index (χ4n) is 2.93. The largest absolute Gasteiger partial charge is 0.497 e. The van der Waals surface area contributed by atoms with Crippen molar-refractivity contribution in [3.63, 3.8) is 0 Å². The second-order valence-electron chi connectivity index (χ2n) is 5.50. The summed E-state index contributed by atoms with van der Waals surface area (Å²) in [5.74, 6) is 1.80. The third-order valence-electron chi connectivity index (χ3n) is 4.18. The van der Waals surface area contributed by atoms with Gasteiger partial charge in [0.05, 0.1) is 26.9 Å². The van der Waals surface area contributed by atoms with Crippen LogP contribution in [0.1, 0.15) is 18.0 Å². The van der Waals surface area contributed by atoms with Crippen LogP contribution in [0.2, 0.25) is 0 Å². The molecule has 5 nitrogen and oxygen atoms in total. The maximum absolute atomic E-state index is 5.75. The molecule has 116 valence electrons. The van der Waals surface area contributed by atoms with Crippen LogP contribution in [0, 0.1) is 0 Å². The minimum Gasteiger partial charge on any atom is -0.497 e. The molecule has 21 heavy (non-hydrogen) atoms. The molecule has 0 spiro atoms. The van der Waals surface area contributed by atoms with Crippen LogP contribution in [-0.4, -0.2) is 58.0 Å². The van der Waals surface area contributed by atoms with Gasteiger partial charge in [-0.25, -0.2) is 0 Å². The van der Waals surface area contributed by atoms with Gasteiger partial charge in [-0.3, -0.25) is 4.90 Å². The van der Waals surface area contributed by atoms with Gasteiger partial charge in [0.2, 0.25) is 0 Å². The van der Waals surface area contributed by atoms with Crippen LogP contribution in [0.3, 0.4) is 0 Å². The topological polar surface area (TPSA) is 43.0 Å². The lowest BCUT2D eigenvalue weighted by atomic mass is 10.0. The molecular weight excluding hydrogens is 268 g/mol. The first-order valence-corrected chi connectivity index (χ1v) is 7.71. The van der Waals surface area contributed by atoms with Crippen LogP contribution >= 0.6 is 0 Å². The van der Waals surface area contributed by atoms with Crippen LogP contribution in [0.5, 0.6) is 11.5 Å². The van der Waals surface area contributed by atoms with Crippen LogP contribution in [-0.2, 0) is 4.74 Å². The Morgan fingerprint density at radius 3 is 2.95 bits per heavy atom. The van der Waals surface area contributed by atoms with E-state index in [1.54, 1.807) is 7.11 Å². The van der Waals surface area contributed by atoms with E-state index < -0.39 is 0 Å². The van der Waals surface area contributed by atoms with Crippen molar-refractivity contribution < 1.29 is 14.2 Å². The van der Waals surface area contributed by atoms with Gasteiger partial charge in [0, 0.05) is 50.3 Å². The first kappa shape index (κ1) is 14.6. The number of morpholine rings is 1. The van der Waals surface area contributed by atoms with Crippen molar-refractivity contribution in [2.45, 2.75) is 12.5 Å². The highest BCUT2D eigenvalue weighted by atomic mass is 16.5. The fraction of sp³-hybridized carbons (Fsp3) is 0.625. The summed E-state index contributed by atoms with van der Waals surface area (Å²) in [6.45, 7) is 6.64. The summed E-state index contributed by atoms with van der Waals surface area (Å²) >= 11 is 0. The lowest BCUT2D eigenvalue weighted by Crippen LogP contribution is -2.41. The van der Waals surface area contributed by atoms with Crippen LogP contribution < -0.4 is 14.8 Å². The number of ether oxygens (including phenoxy) is 3. The molecule has 0 radical (unpaired) electrons. The van der Waals surface area contributed by atoms with E-state index in [1.165, 1.54) is 5.56 Å². The maximum atomic E-state index is 5.75. The average molecular weight is 292 g/mol. The van der Waals surface area contributed by atoms with Gasteiger partial charge < -0.3 is 19.5 Å². The van der Waals surface area contributed by atoms with Crippen LogP contribution in [0.15, 0.2) is 18.2 Å². The molecule has 1 unspecified atom stereocenters. The second-order valence-corrected chi connectivity index (χ2v) is 5.50. The molecule has 3 rings (SSSR count). The molecule has 1 aromatic rings. The average Bonchev–Trinajstić information content (AvgIpc) is 2.55. The fourth-order valence-corrected chi connectivity index (χ4v) is 2.93. The molecule has 2 aliphatic rings. The molecule has 2 heterocycles. The highest BCUT2D eigenvalue weighted by molar-refractivity contribution is 5.43. The zero-order chi connectivity index (χ0) is 14.5. The van der Waals surface area contributed by atoms with E-state index in [2.05, 4.69) is 16.3 Å². The number of nitrogens with zero attached hydrogens (tertiary/aromatic N) is 1. The molecular formula is C16H24N2O3. The van der Waals surface area contributed by atoms with Gasteiger partial charge in [-0.2, -0.15) is 0 Å². The van der Waals surface area contributed by atoms with E-state index in [-0.39, 0.29) is 0 Å². The van der Waals surface area contributed by atoms with Crippen molar-refractivity contribution in [1.29, 1.82) is 0 Å². The number of rotatable bonds is 5. The van der Waals surface area contributed by atoms with E-state index in [9.17, 15) is 0 Å². The Labute approximate surface area is 126 Å². The van der Waals surface area contributed by atoms with Crippen LogP contribution in [0.4, 0.5) is 0 Å². The molecule has 1 saturated heterocycles. The first-order chi connectivity index (χ1) is 10.4. The number of methoxy groups -OCH3 is 1. The SMILES string of the molecule is COc1ccc2c(c1)OCCC2NCCN1CCOCC1. The molecule has 2 aliphatic heterocycles. The number of hydrogen-bond donors (Lipinski definition) is 1. The van der Waals surface area contributed by atoms with Crippen molar-refractivity contribution in [1.82, 2.24) is 10.2 Å². The Hall–Kier alpha value is -1.30. The summed E-state index contributed by atoms with van der Waals surface area (Å²) < 4.78 is 16.4. The Morgan fingerprint density at radius 2 is 2.14 bits per heavy atom. The molecule has 5 heteroatoms. The summed E-state index contributed by atoms with van der Waals surface area (Å²) in [7, 11) is 1.68. The monoisotopic (exact) mass is 292 g/mol. The Morgan fingerprint density at radius 1 is 1.29 bits per heavy atom. The summed E-state index contributed by atoms with van der Waals surface area (Å²) in [6.07, 6.45) is 1.02. The highest BCUT2D eigenvalue weighted by Gasteiger charge is 2.21. The van der Waals surface area contributed by atoms with Crippen molar-refractivity contribution in [3.8, 4) is 11.5 Å². The summed E-state index contributed by atoms with van der Waals surface area (Å²) in [5.41, 5.74) is 1.24. The molecule has 1 N–H and O–H groups in total. The van der Waals surface area contributed by atoms with Gasteiger partial charge in [0.15, 0.2) is 0 Å². The van der Waals surface area contributed by atoms with Crippen LogP contribution in [0.25, 0.3) is 0 Å². The molecule has 0 amide bonds. The minimum atomic E-state index is 0.376. The molecule has 1 fully saturated rings. The molecule has 0 saturated carbocycles. The summed E-state index contributed by atoms with van der Waals surface area (Å²) in [4.78, 5) is 2.45. The zero-order valence-corrected chi connectivity index (χ0v) is 12.6. The minimum absolute atomic E-state index is 0.376. The van der Waals surface area contributed by atoms with Crippen molar-refractivity contribution in [2.24, 2.45) is 0 Å². The van der Waals surface area contributed by atoms with E-state index in [0.717, 1.165) is 63.9 Å². The molecule has 0 aliphatic carbocycles. The molecule has 0 aromatic heterocycles. The van der Waals surface area contributed by atoms with E-state index in [1.807, 2.05) is 12.1 Å². The third-order valence-corrected chi connectivity index (χ3v) is 4.18. The predicted molar refractivity (Wildman–Crippen MR) is 81.1 cm³/mol. The van der Waals surface area contributed by atoms with E-state index >= 15 is 0 Å². The quantitative estimate of drug-likeness (QED) is 0.889. The Bertz CT molecular complexity index is 461. The van der Waals surface area contributed by atoms with Crippen molar-refractivity contribution in [2.75, 3.05) is 53.1 Å². The number of fused-ring (bicyclic) bond motifs is 1. The van der Waals surface area contributed by atoms with Gasteiger partial charge in [-0.1, -0.05) is 6.07 Å². The van der Waals surface area contributed by atoms with Gasteiger partial charge in [0.1, 0.15) is 11.5 Å². The molecule has 1 aromatic carbocycles. The Kier molecular flexibility index (Phi) is 4.95. The van der Waals surface area contributed by atoms with Crippen molar-refractivity contribution in [3.05, 3.63) is 23.8 Å². The molecule has 0 bridgehead atoms. The summed E-state index contributed by atoms with van der Waals surface area (Å²) in [6, 6.07) is 6.47. The van der Waals surface area contributed by atoms with Crippen molar-refractivity contribution >= 4 is 0 Å². The van der Waals surface area contributed by atoms with E-state index in [0.29, 0.717) is 6.04 Å². The predicted octanol–water partition coefficient (Wildman–Crippen LogP) is 1.44. The number of benzene rings is 1. The molecule has 1 atom stereocenters. The Balaban J connectivity index is 1.55. The number of hydrogen-bond acceptors (Lipinski definition) is 5. The lowest BCUT2D eigenvalue weighted by Gasteiger charge is -2.30. The van der Waals surface area contributed by atoms with E-state index in [4.69, 9.17) is 14.2 Å². The van der Waals surface area contributed by atoms with Gasteiger partial charge in [0.25, 0.3) is 0 Å². The maximum Gasteiger partial charge on any atom is 0.127 e. The van der Waals surface area contributed by atoms with Gasteiger partial charge in [-0.05, 0) is 6.07 Å². The number of nitrogens with one attached hydrogen (secondary N) is 1. The van der Waals surface area contributed by atoms with Gasteiger partial charge >= 0.3 is 0 Å². The second kappa shape index (κ2) is 7.11. The normalized spacial score (nSPS) is 22.4. The smallest absolute Gasteiger partial charge is 0.127 e. The lowest BCUT2D eigenvalue weighted by molar-refractivity contribution is 0.0379. The highest BCUT2D eigenvalue weighted by Crippen LogP contribution is 2.34. The van der Waals surface area contributed by atoms with Gasteiger partial charge in [-0.15, -0.1) is 0 Å². The first-order valence-electron chi connectivity index (χ1n) is 7.71. The standard InChI is InChI=1S/C16H24N2O3/c1-19-13-2-3-14-15(4-9-21-16(14)12-13)17-5-6-18-7-10-20-11-8-18/h2-3,12,15,17H,4-11H2,1H3.